The first-order valence-corrected chi connectivity index (χ1v) is 2.47. The molecule has 0 spiro atoms. The topological polar surface area (TPSA) is 80.3 Å². The molecule has 83 valence electrons. The number of hydrogen-bond donors (Lipinski definition) is 0. The molecule has 0 aliphatic carbocycles. The van der Waals surface area contributed by atoms with Gasteiger partial charge < -0.3 is 19.8 Å². The summed E-state index contributed by atoms with van der Waals surface area (Å²) < 4.78 is 29.0. The van der Waals surface area contributed by atoms with Crippen molar-refractivity contribution in [3.63, 3.8) is 0 Å². The third kappa shape index (κ3) is 1710. The first-order valence-electron chi connectivity index (χ1n) is 2.47. The number of halogens is 3. The van der Waals surface area contributed by atoms with Crippen LogP contribution in [0.3, 0.4) is 0 Å². The van der Waals surface area contributed by atoms with E-state index < -0.39 is 18.6 Å². The molecule has 0 N–H and O–H groups in total. The maximum Gasteiger partial charge on any atom is 2.00 e. The van der Waals surface area contributed by atoms with Gasteiger partial charge in [0.2, 0.25) is 0 Å². The molecule has 4 nitrogen and oxygen atoms in total. The molecule has 0 aromatic heterocycles. The van der Waals surface area contributed by atoms with E-state index in [0.29, 0.717) is 0 Å². The largest absolute Gasteiger partial charge is 2.00 e. The SMILES string of the molecule is CC(=O)[O-].CC(=O)[O-].FC(F)F.[Cu+2]. The van der Waals surface area contributed by atoms with Gasteiger partial charge in [-0.05, 0) is 13.8 Å². The first-order chi connectivity index (χ1) is 5.20. The van der Waals surface area contributed by atoms with Crippen LogP contribution < -0.4 is 10.2 Å². The molecule has 0 amide bonds. The Morgan fingerprint density at radius 3 is 1.00 bits per heavy atom. The van der Waals surface area contributed by atoms with Crippen LogP contribution in [0.1, 0.15) is 13.8 Å². The van der Waals surface area contributed by atoms with Gasteiger partial charge >= 0.3 is 23.7 Å². The van der Waals surface area contributed by atoms with Crippen molar-refractivity contribution in [1.82, 2.24) is 0 Å². The molecule has 0 heterocycles. The van der Waals surface area contributed by atoms with E-state index in [2.05, 4.69) is 0 Å². The van der Waals surface area contributed by atoms with Crippen molar-refractivity contribution in [2.45, 2.75) is 20.5 Å². The third-order valence-corrected chi connectivity index (χ3v) is 0. The summed E-state index contributed by atoms with van der Waals surface area (Å²) in [6.07, 6.45) is 0. The Morgan fingerprint density at radius 1 is 1.00 bits per heavy atom. The normalized spacial score (nSPS) is 6.62. The molecule has 0 fully saturated rings. The summed E-state index contributed by atoms with van der Waals surface area (Å²) in [6, 6.07) is 0. The van der Waals surface area contributed by atoms with E-state index in [9.17, 15) is 13.2 Å². The quantitative estimate of drug-likeness (QED) is 0.501. The smallest absolute Gasteiger partial charge is 0.550 e. The van der Waals surface area contributed by atoms with Crippen LogP contribution in [0, 0.1) is 0 Å². The fraction of sp³-hybridized carbons (Fsp3) is 0.600. The summed E-state index contributed by atoms with van der Waals surface area (Å²) in [5.41, 5.74) is 0. The van der Waals surface area contributed by atoms with Crippen LogP contribution in [-0.4, -0.2) is 18.6 Å². The van der Waals surface area contributed by atoms with Crippen LogP contribution in [0.15, 0.2) is 0 Å². The van der Waals surface area contributed by atoms with Gasteiger partial charge in [0.15, 0.2) is 0 Å². The van der Waals surface area contributed by atoms with Gasteiger partial charge in [0, 0.05) is 11.9 Å². The molecule has 1 radical (unpaired) electrons. The predicted molar refractivity (Wildman–Crippen MR) is 28.5 cm³/mol. The number of carbonyl (C=O) groups excluding carboxylic acids is 2. The number of rotatable bonds is 0. The van der Waals surface area contributed by atoms with Gasteiger partial charge in [-0.15, -0.1) is 0 Å². The molecule has 0 saturated heterocycles. The molecular formula is C5H7CuF3O4. The zero-order valence-electron chi connectivity index (χ0n) is 6.65. The van der Waals surface area contributed by atoms with Crippen molar-refractivity contribution >= 4 is 11.9 Å². The molecule has 0 unspecified atom stereocenters. The molecular weight excluding hydrogens is 245 g/mol. The molecule has 0 aliphatic heterocycles. The fourth-order valence-electron chi connectivity index (χ4n) is 0. The van der Waals surface area contributed by atoms with Crippen molar-refractivity contribution in [1.29, 1.82) is 0 Å². The zero-order chi connectivity index (χ0) is 10.7. The second kappa shape index (κ2) is 17.4. The second-order valence-corrected chi connectivity index (χ2v) is 1.23. The van der Waals surface area contributed by atoms with Crippen LogP contribution >= 0.6 is 0 Å². The zero-order valence-corrected chi connectivity index (χ0v) is 7.59. The Balaban J connectivity index is -0.0000000450. The summed E-state index contributed by atoms with van der Waals surface area (Å²) in [5, 5.41) is 17.8. The predicted octanol–water partition coefficient (Wildman–Crippen LogP) is -1.31. The second-order valence-electron chi connectivity index (χ2n) is 1.23. The minimum atomic E-state index is -3.67. The van der Waals surface area contributed by atoms with E-state index in [0.717, 1.165) is 13.8 Å². The standard InChI is InChI=1S/2C2H4O2.CHF3.Cu/c2*1-2(3)4;2-1(3)4;/h2*1H3,(H,3,4);1H;/q;;;+2/p-2. The van der Waals surface area contributed by atoms with Crippen LogP contribution in [0.2, 0.25) is 0 Å². The van der Waals surface area contributed by atoms with Crippen molar-refractivity contribution in [3.05, 3.63) is 0 Å². The van der Waals surface area contributed by atoms with E-state index in [-0.39, 0.29) is 17.1 Å². The number of hydrogen-bond acceptors (Lipinski definition) is 4. The summed E-state index contributed by atoms with van der Waals surface area (Å²) in [5.74, 6) is -2.17. The van der Waals surface area contributed by atoms with Crippen LogP contribution in [-0.2, 0) is 26.7 Å². The van der Waals surface area contributed by atoms with Gasteiger partial charge in [-0.1, -0.05) is 0 Å². The van der Waals surface area contributed by atoms with Gasteiger partial charge in [0.05, 0.1) is 0 Å². The summed E-state index contributed by atoms with van der Waals surface area (Å²) in [6.45, 7) is -1.72. The first kappa shape index (κ1) is 22.8. The Kier molecular flexibility index (Phi) is 30.4. The molecule has 0 rings (SSSR count). The van der Waals surface area contributed by atoms with Gasteiger partial charge in [0.25, 0.3) is 0 Å². The number of alkyl halides is 3. The average molecular weight is 252 g/mol. The summed E-state index contributed by atoms with van der Waals surface area (Å²) in [7, 11) is 0. The molecule has 13 heavy (non-hydrogen) atoms. The van der Waals surface area contributed by atoms with E-state index in [1.807, 2.05) is 0 Å². The molecule has 0 aromatic rings. The molecule has 0 aromatic carbocycles. The Labute approximate surface area is 83.2 Å². The number of carboxylic acids is 2. The van der Waals surface area contributed by atoms with Crippen molar-refractivity contribution < 1.29 is 50.0 Å². The Morgan fingerprint density at radius 2 is 1.00 bits per heavy atom. The van der Waals surface area contributed by atoms with Crippen LogP contribution in [0.4, 0.5) is 13.2 Å². The number of carboxylic acid groups (broad SMARTS) is 2. The van der Waals surface area contributed by atoms with E-state index in [1.54, 1.807) is 0 Å². The Hall–Kier alpha value is -0.751. The maximum atomic E-state index is 9.67. The average Bonchev–Trinajstić information content (AvgIpc) is 1.54. The summed E-state index contributed by atoms with van der Waals surface area (Å²) >= 11 is 0. The molecule has 0 aliphatic rings. The van der Waals surface area contributed by atoms with E-state index in [4.69, 9.17) is 19.8 Å². The number of carbonyl (C=O) groups is 2. The monoisotopic (exact) mass is 251 g/mol. The molecule has 0 atom stereocenters. The van der Waals surface area contributed by atoms with E-state index >= 15 is 0 Å². The third-order valence-electron chi connectivity index (χ3n) is 0. The van der Waals surface area contributed by atoms with Crippen LogP contribution in [0.5, 0.6) is 0 Å². The van der Waals surface area contributed by atoms with Gasteiger partial charge in [-0.25, -0.2) is 0 Å². The van der Waals surface area contributed by atoms with Crippen molar-refractivity contribution in [2.75, 3.05) is 0 Å². The van der Waals surface area contributed by atoms with E-state index in [1.165, 1.54) is 0 Å². The van der Waals surface area contributed by atoms with Gasteiger partial charge in [-0.2, -0.15) is 13.2 Å². The number of aliphatic carboxylic acids is 2. The van der Waals surface area contributed by atoms with Crippen molar-refractivity contribution in [2.24, 2.45) is 0 Å². The molecule has 8 heteroatoms. The fourth-order valence-corrected chi connectivity index (χ4v) is 0. The summed E-state index contributed by atoms with van der Waals surface area (Å²) in [4.78, 5) is 17.8. The van der Waals surface area contributed by atoms with Crippen LogP contribution in [0.25, 0.3) is 0 Å². The van der Waals surface area contributed by atoms with Gasteiger partial charge in [-0.3, -0.25) is 0 Å². The Bertz CT molecular complexity index is 108. The maximum absolute atomic E-state index is 9.67. The molecule has 0 saturated carbocycles. The minimum Gasteiger partial charge on any atom is -0.550 e. The molecule has 0 bridgehead atoms. The minimum absolute atomic E-state index is 0. The van der Waals surface area contributed by atoms with Gasteiger partial charge in [0.1, 0.15) is 0 Å². The van der Waals surface area contributed by atoms with Crippen molar-refractivity contribution in [3.8, 4) is 0 Å².